The topological polar surface area (TPSA) is 26.0 Å². The molecule has 0 bridgehead atoms. The van der Waals surface area contributed by atoms with Crippen molar-refractivity contribution >= 4 is 0 Å². The van der Waals surface area contributed by atoms with Crippen LogP contribution in [0.25, 0.3) is 0 Å². The maximum absolute atomic E-state index is 6.20. The van der Waals surface area contributed by atoms with Crippen molar-refractivity contribution in [2.75, 3.05) is 0 Å². The smallest absolute Gasteiger partial charge is 0.0303 e. The first-order valence-electron chi connectivity index (χ1n) is 5.48. The fraction of sp³-hybridized carbons (Fsp3) is 0.429. The number of nitrogens with two attached hydrogens (primary N) is 1. The number of aryl methyl sites for hydroxylation is 2. The Morgan fingerprint density at radius 1 is 1.33 bits per heavy atom. The fourth-order valence-electron chi connectivity index (χ4n) is 1.96. The van der Waals surface area contributed by atoms with E-state index in [0.717, 1.165) is 12.8 Å². The second-order valence-corrected chi connectivity index (χ2v) is 4.41. The summed E-state index contributed by atoms with van der Waals surface area (Å²) in [5, 5.41) is 0. The minimum Gasteiger partial charge on any atom is -0.324 e. The summed E-state index contributed by atoms with van der Waals surface area (Å²) in [7, 11) is 0. The molecule has 0 saturated carbocycles. The Morgan fingerprint density at radius 2 is 1.87 bits per heavy atom. The summed E-state index contributed by atoms with van der Waals surface area (Å²) in [6, 6.07) is 6.48. The molecule has 0 aliphatic rings. The van der Waals surface area contributed by atoms with Crippen molar-refractivity contribution in [1.29, 1.82) is 0 Å². The number of allylic oxidation sites excluding steroid dienone is 1. The van der Waals surface area contributed by atoms with E-state index in [9.17, 15) is 0 Å². The van der Waals surface area contributed by atoms with Gasteiger partial charge in [0.15, 0.2) is 0 Å². The Bertz CT molecular complexity index is 332. The summed E-state index contributed by atoms with van der Waals surface area (Å²) in [5.41, 5.74) is 11.3. The van der Waals surface area contributed by atoms with Gasteiger partial charge < -0.3 is 5.73 Å². The Hall–Kier alpha value is -1.08. The molecule has 0 fully saturated rings. The molecule has 1 unspecified atom stereocenters. The van der Waals surface area contributed by atoms with Crippen LogP contribution >= 0.6 is 0 Å². The first-order valence-corrected chi connectivity index (χ1v) is 5.48. The third-order valence-corrected chi connectivity index (χ3v) is 2.80. The van der Waals surface area contributed by atoms with Gasteiger partial charge in [0.05, 0.1) is 0 Å². The molecule has 1 aromatic rings. The third-order valence-electron chi connectivity index (χ3n) is 2.80. The van der Waals surface area contributed by atoms with Gasteiger partial charge in [-0.2, -0.15) is 0 Å². The normalized spacial score (nSPS) is 12.5. The van der Waals surface area contributed by atoms with Crippen molar-refractivity contribution in [3.63, 3.8) is 0 Å². The van der Waals surface area contributed by atoms with E-state index in [1.807, 2.05) is 0 Å². The molecular formula is C14H21N. The third kappa shape index (κ3) is 3.21. The van der Waals surface area contributed by atoms with Gasteiger partial charge in [-0.1, -0.05) is 23.8 Å². The molecule has 1 atom stereocenters. The van der Waals surface area contributed by atoms with Gasteiger partial charge in [0.1, 0.15) is 0 Å². The lowest BCUT2D eigenvalue weighted by Gasteiger charge is -2.17. The van der Waals surface area contributed by atoms with Crippen molar-refractivity contribution in [2.24, 2.45) is 5.73 Å². The van der Waals surface area contributed by atoms with Crippen molar-refractivity contribution in [2.45, 2.75) is 39.7 Å². The minimum absolute atomic E-state index is 0.142. The highest BCUT2D eigenvalue weighted by atomic mass is 14.6. The van der Waals surface area contributed by atoms with Gasteiger partial charge in [-0.3, -0.25) is 0 Å². The van der Waals surface area contributed by atoms with E-state index in [1.165, 1.54) is 22.3 Å². The Balaban J connectivity index is 2.81. The molecule has 15 heavy (non-hydrogen) atoms. The van der Waals surface area contributed by atoms with Crippen molar-refractivity contribution < 1.29 is 0 Å². The Kier molecular flexibility index (Phi) is 4.10. The molecule has 0 aliphatic carbocycles. The van der Waals surface area contributed by atoms with Gasteiger partial charge >= 0.3 is 0 Å². The zero-order chi connectivity index (χ0) is 11.4. The summed E-state index contributed by atoms with van der Waals surface area (Å²) in [6.45, 7) is 10.2. The van der Waals surface area contributed by atoms with Crippen LogP contribution in [0.15, 0.2) is 30.4 Å². The molecule has 0 spiro atoms. The van der Waals surface area contributed by atoms with Crippen molar-refractivity contribution in [1.82, 2.24) is 0 Å². The lowest BCUT2D eigenvalue weighted by molar-refractivity contribution is 0.642. The van der Waals surface area contributed by atoms with Crippen LogP contribution in [0.3, 0.4) is 0 Å². The van der Waals surface area contributed by atoms with Crippen LogP contribution in [0, 0.1) is 13.8 Å². The second-order valence-electron chi connectivity index (χ2n) is 4.41. The quantitative estimate of drug-likeness (QED) is 0.742. The van der Waals surface area contributed by atoms with Crippen molar-refractivity contribution in [3.8, 4) is 0 Å². The van der Waals surface area contributed by atoms with Gasteiger partial charge in [-0.25, -0.2) is 0 Å². The highest BCUT2D eigenvalue weighted by Crippen LogP contribution is 2.24. The second kappa shape index (κ2) is 5.13. The molecule has 1 rings (SSSR count). The maximum Gasteiger partial charge on any atom is 0.0303 e. The zero-order valence-corrected chi connectivity index (χ0v) is 10.0. The number of benzene rings is 1. The fourth-order valence-corrected chi connectivity index (χ4v) is 1.96. The van der Waals surface area contributed by atoms with Gasteiger partial charge in [0.2, 0.25) is 0 Å². The highest BCUT2D eigenvalue weighted by Gasteiger charge is 2.10. The van der Waals surface area contributed by atoms with Gasteiger partial charge in [0, 0.05) is 6.04 Å². The lowest BCUT2D eigenvalue weighted by atomic mass is 9.93. The predicted molar refractivity (Wildman–Crippen MR) is 66.9 cm³/mol. The Labute approximate surface area is 93.0 Å². The monoisotopic (exact) mass is 203 g/mol. The molecule has 1 heteroatoms. The predicted octanol–water partition coefficient (Wildman–Crippen LogP) is 3.66. The minimum atomic E-state index is 0.142. The van der Waals surface area contributed by atoms with Crippen molar-refractivity contribution in [3.05, 3.63) is 47.0 Å². The molecule has 0 aliphatic heterocycles. The molecule has 0 aromatic heterocycles. The largest absolute Gasteiger partial charge is 0.324 e. The summed E-state index contributed by atoms with van der Waals surface area (Å²) in [5.74, 6) is 0. The highest BCUT2D eigenvalue weighted by molar-refractivity contribution is 5.35. The van der Waals surface area contributed by atoms with Crippen LogP contribution in [0.2, 0.25) is 0 Å². The van der Waals surface area contributed by atoms with E-state index >= 15 is 0 Å². The molecule has 1 nitrogen and oxygen atoms in total. The van der Waals surface area contributed by atoms with Crippen LogP contribution in [0.5, 0.6) is 0 Å². The molecule has 0 radical (unpaired) electrons. The van der Waals surface area contributed by atoms with E-state index in [2.05, 4.69) is 45.5 Å². The number of hydrogen-bond donors (Lipinski definition) is 1. The molecule has 0 amide bonds. The molecule has 0 heterocycles. The molecule has 82 valence electrons. The number of hydrogen-bond acceptors (Lipinski definition) is 1. The number of rotatable bonds is 4. The maximum atomic E-state index is 6.20. The van der Waals surface area contributed by atoms with Gasteiger partial charge in [0.25, 0.3) is 0 Å². The summed E-state index contributed by atoms with van der Waals surface area (Å²) in [6.07, 6.45) is 2.00. The van der Waals surface area contributed by atoms with Crippen LogP contribution in [0.4, 0.5) is 0 Å². The first kappa shape index (κ1) is 12.0. The molecular weight excluding hydrogens is 182 g/mol. The zero-order valence-electron chi connectivity index (χ0n) is 10.0. The van der Waals surface area contributed by atoms with Crippen LogP contribution in [0.1, 0.15) is 42.5 Å². The van der Waals surface area contributed by atoms with E-state index in [0.29, 0.717) is 0 Å². The standard InChI is InChI=1S/C14H21N/c1-10(2)8-9-13(15)14-11(3)6-5-7-12(14)4/h5-7,13H,1,8-9,15H2,2-4H3. The van der Waals surface area contributed by atoms with Gasteiger partial charge in [-0.05, 0) is 50.3 Å². The van der Waals surface area contributed by atoms with Crippen LogP contribution in [-0.2, 0) is 0 Å². The molecule has 1 aromatic carbocycles. The van der Waals surface area contributed by atoms with Gasteiger partial charge in [-0.15, -0.1) is 6.58 Å². The average Bonchev–Trinajstić information content (AvgIpc) is 2.14. The summed E-state index contributed by atoms with van der Waals surface area (Å²) in [4.78, 5) is 0. The summed E-state index contributed by atoms with van der Waals surface area (Å²) >= 11 is 0. The lowest BCUT2D eigenvalue weighted by Crippen LogP contribution is -2.13. The van der Waals surface area contributed by atoms with E-state index < -0.39 is 0 Å². The first-order chi connectivity index (χ1) is 7.02. The van der Waals surface area contributed by atoms with E-state index in [4.69, 9.17) is 5.73 Å². The van der Waals surface area contributed by atoms with Crippen LogP contribution in [-0.4, -0.2) is 0 Å². The summed E-state index contributed by atoms with van der Waals surface area (Å²) < 4.78 is 0. The SMILES string of the molecule is C=C(C)CCC(N)c1c(C)cccc1C. The van der Waals surface area contributed by atoms with Crippen LogP contribution < -0.4 is 5.73 Å². The van der Waals surface area contributed by atoms with E-state index in [-0.39, 0.29) is 6.04 Å². The Morgan fingerprint density at radius 3 is 2.33 bits per heavy atom. The van der Waals surface area contributed by atoms with E-state index in [1.54, 1.807) is 0 Å². The average molecular weight is 203 g/mol. The molecule has 2 N–H and O–H groups in total. The molecule has 0 saturated heterocycles.